The maximum Gasteiger partial charge on any atom is 3.00 e. The molecule has 0 aliphatic carbocycles. The van der Waals surface area contributed by atoms with Crippen molar-refractivity contribution in [2.24, 2.45) is 0 Å². The molecule has 0 aromatic heterocycles. The molecule has 0 saturated heterocycles. The van der Waals surface area contributed by atoms with Gasteiger partial charge < -0.3 is 28.1 Å². The Kier molecular flexibility index (Phi) is 38.1. The molecule has 0 aliphatic rings. The third-order valence-electron chi connectivity index (χ3n) is 0. The Morgan fingerprint density at radius 2 is 0.800 bits per heavy atom. The molecule has 0 spiro atoms. The summed E-state index contributed by atoms with van der Waals surface area (Å²) < 4.78 is 17.0. The van der Waals surface area contributed by atoms with Crippen LogP contribution in [0.25, 0.3) is 0 Å². The number of rotatable bonds is 0. The Bertz CT molecular complexity index is 73.7. The fourth-order valence-electron chi connectivity index (χ4n) is 0. The largest absolute Gasteiger partial charge is 3.00 e. The van der Waals surface area contributed by atoms with E-state index in [9.17, 15) is 0 Å². The molecule has 0 aromatic carbocycles. The Hall–Kier alpha value is 1.56. The summed E-state index contributed by atoms with van der Waals surface area (Å²) in [6.07, 6.45) is 0. The van der Waals surface area contributed by atoms with Crippen LogP contribution in [0, 0.1) is 39.9 Å². The molecule has 0 unspecified atom stereocenters. The van der Waals surface area contributed by atoms with Crippen LogP contribution in [-0.2, 0) is 8.92 Å². The van der Waals surface area contributed by atoms with Gasteiger partial charge in [-0.1, -0.05) is 0 Å². The monoisotopic (exact) mass is 333 g/mol. The minimum atomic E-state index is -3.63. The van der Waals surface area contributed by atoms with Crippen molar-refractivity contribution in [1.82, 2.24) is 0 Å². The van der Waals surface area contributed by atoms with Gasteiger partial charge in [-0.2, -0.15) is 0 Å². The zero-order valence-electron chi connectivity index (χ0n) is 4.80. The molecule has 0 bridgehead atoms. The quantitative estimate of drug-likeness (QED) is 0.405. The molecular weight excluding hydrogens is 332 g/mol. The maximum absolute atomic E-state index is 8.52. The molecule has 0 amide bonds. The van der Waals surface area contributed by atoms with Crippen LogP contribution >= 0.6 is 0 Å². The first-order valence-corrected chi connectivity index (χ1v) is 3.67. The molecule has 0 heterocycles. The van der Waals surface area contributed by atoms with E-state index in [0.717, 1.165) is 0 Å². The average molecular weight is 332 g/mol. The molecule has 0 N–H and O–H groups in total. The molecule has 0 aromatic rings. The van der Waals surface area contributed by atoms with Crippen LogP contribution in [0.5, 0.6) is 0 Å². The molecule has 10 heavy (non-hydrogen) atoms. The van der Waals surface area contributed by atoms with Crippen LogP contribution in [0.15, 0.2) is 0 Å². The SMILES string of the molecule is O=[Si]([O-])[O-].O=[Si]([O-])[O-].[Gd+3].[Na+]. The van der Waals surface area contributed by atoms with Gasteiger partial charge in [0.1, 0.15) is 0 Å². The second kappa shape index (κ2) is 16.9. The van der Waals surface area contributed by atoms with Crippen molar-refractivity contribution in [2.45, 2.75) is 0 Å². The van der Waals surface area contributed by atoms with Gasteiger partial charge >= 0.3 is 69.5 Å². The predicted octanol–water partition coefficient (Wildman–Crippen LogP) is -8.75. The maximum atomic E-state index is 8.52. The van der Waals surface area contributed by atoms with Crippen molar-refractivity contribution < 1.29 is 97.6 Å². The van der Waals surface area contributed by atoms with Gasteiger partial charge in [-0.05, 0) is 0 Å². The molecule has 6 nitrogen and oxygen atoms in total. The summed E-state index contributed by atoms with van der Waals surface area (Å²) in [4.78, 5) is 34.1. The zero-order chi connectivity index (χ0) is 7.15. The fraction of sp³-hybridized carbons (Fsp3) is 0. The predicted molar refractivity (Wildman–Crippen MR) is 12.9 cm³/mol. The van der Waals surface area contributed by atoms with Gasteiger partial charge in [0.25, 0.3) is 0 Å². The van der Waals surface area contributed by atoms with E-state index < -0.39 is 18.3 Å². The van der Waals surface area contributed by atoms with Gasteiger partial charge in [0.05, 0.1) is 0 Å². The van der Waals surface area contributed by atoms with E-state index in [1.165, 1.54) is 0 Å². The summed E-state index contributed by atoms with van der Waals surface area (Å²) in [7, 11) is -7.26. The van der Waals surface area contributed by atoms with E-state index in [1.54, 1.807) is 0 Å². The van der Waals surface area contributed by atoms with Crippen LogP contribution in [-0.4, -0.2) is 18.3 Å². The smallest absolute Gasteiger partial charge is 0.672 e. The third-order valence-corrected chi connectivity index (χ3v) is 0. The molecular formula is GdNaO6Si2. The van der Waals surface area contributed by atoms with Crippen molar-refractivity contribution in [3.63, 3.8) is 0 Å². The normalized spacial score (nSPS) is 4.80. The minimum Gasteiger partial charge on any atom is -0.672 e. The van der Waals surface area contributed by atoms with Crippen molar-refractivity contribution in [1.29, 1.82) is 0 Å². The fourth-order valence-corrected chi connectivity index (χ4v) is 0. The van der Waals surface area contributed by atoms with Crippen LogP contribution in [0.1, 0.15) is 0 Å². The van der Waals surface area contributed by atoms with Crippen molar-refractivity contribution in [3.05, 3.63) is 0 Å². The second-order valence-electron chi connectivity index (χ2n) is 0.500. The Morgan fingerprint density at radius 3 is 0.800 bits per heavy atom. The first-order valence-electron chi connectivity index (χ1n) is 1.22. The van der Waals surface area contributed by atoms with Crippen molar-refractivity contribution >= 4 is 18.3 Å². The summed E-state index contributed by atoms with van der Waals surface area (Å²) >= 11 is 0. The first-order chi connectivity index (χ1) is 3.46. The standard InChI is InChI=1S/Gd.Na.2O3Si/c;;2*1-4(2)3/q+3;+1;2*-2. The molecule has 1 radical (unpaired) electrons. The summed E-state index contributed by atoms with van der Waals surface area (Å²) in [5.74, 6) is 0. The second-order valence-corrected chi connectivity index (χ2v) is 1.50. The topological polar surface area (TPSA) is 126 Å². The zero-order valence-corrected chi connectivity index (χ0v) is 11.1. The van der Waals surface area contributed by atoms with Crippen LogP contribution in [0.4, 0.5) is 0 Å². The van der Waals surface area contributed by atoms with E-state index in [-0.39, 0.29) is 69.5 Å². The van der Waals surface area contributed by atoms with E-state index in [0.29, 0.717) is 0 Å². The molecule has 0 aliphatic heterocycles. The van der Waals surface area contributed by atoms with Gasteiger partial charge in [0.2, 0.25) is 0 Å². The molecule has 0 rings (SSSR count). The van der Waals surface area contributed by atoms with Gasteiger partial charge in [-0.25, -0.2) is 0 Å². The van der Waals surface area contributed by atoms with Gasteiger partial charge in [0.15, 0.2) is 0 Å². The van der Waals surface area contributed by atoms with E-state index in [4.69, 9.17) is 28.1 Å². The van der Waals surface area contributed by atoms with Crippen LogP contribution in [0.3, 0.4) is 0 Å². The average Bonchev–Trinajstić information content (AvgIpc) is 1.25. The molecule has 0 saturated carbocycles. The van der Waals surface area contributed by atoms with E-state index in [2.05, 4.69) is 0 Å². The first kappa shape index (κ1) is 22.6. The number of hydrogen-bond acceptors (Lipinski definition) is 6. The van der Waals surface area contributed by atoms with E-state index >= 15 is 0 Å². The summed E-state index contributed by atoms with van der Waals surface area (Å²) in [5.41, 5.74) is 0. The van der Waals surface area contributed by atoms with Crippen LogP contribution < -0.4 is 48.7 Å². The molecule has 0 fully saturated rings. The van der Waals surface area contributed by atoms with Crippen LogP contribution in [0.2, 0.25) is 0 Å². The third kappa shape index (κ3) is 288. The number of hydrogen-bond donors (Lipinski definition) is 0. The van der Waals surface area contributed by atoms with Gasteiger partial charge in [0, 0.05) is 18.3 Å². The van der Waals surface area contributed by atoms with Gasteiger partial charge in [-0.3, -0.25) is 0 Å². The summed E-state index contributed by atoms with van der Waals surface area (Å²) in [6, 6.07) is 0. The molecule has 53 valence electrons. The molecule has 10 heteroatoms. The van der Waals surface area contributed by atoms with Crippen molar-refractivity contribution in [2.75, 3.05) is 0 Å². The van der Waals surface area contributed by atoms with Crippen molar-refractivity contribution in [3.8, 4) is 0 Å². The summed E-state index contributed by atoms with van der Waals surface area (Å²) in [6.45, 7) is 0. The minimum absolute atomic E-state index is 0. The summed E-state index contributed by atoms with van der Waals surface area (Å²) in [5, 5.41) is 0. The Balaban J connectivity index is -0.0000000300. The Morgan fingerprint density at radius 1 is 0.800 bits per heavy atom. The Labute approximate surface area is 114 Å². The molecule has 0 atom stereocenters. The van der Waals surface area contributed by atoms with E-state index in [1.807, 2.05) is 0 Å². The van der Waals surface area contributed by atoms with Gasteiger partial charge in [-0.15, -0.1) is 0 Å².